The lowest BCUT2D eigenvalue weighted by Crippen LogP contribution is -2.25. The molecule has 5 N–H and O–H groups in total. The van der Waals surface area contributed by atoms with E-state index < -0.39 is 5.91 Å². The van der Waals surface area contributed by atoms with Gasteiger partial charge in [0.2, 0.25) is 0 Å². The Morgan fingerprint density at radius 3 is 2.45 bits per heavy atom. The van der Waals surface area contributed by atoms with Gasteiger partial charge in [0.25, 0.3) is 11.8 Å². The van der Waals surface area contributed by atoms with Gasteiger partial charge in [-0.1, -0.05) is 49.7 Å². The van der Waals surface area contributed by atoms with Crippen LogP contribution in [-0.2, 0) is 11.3 Å². The lowest BCUT2D eigenvalue weighted by Gasteiger charge is -2.29. The van der Waals surface area contributed by atoms with Gasteiger partial charge < -0.3 is 26.3 Å². The number of carbonyl (C=O) groups excluding carboxylic acids is 2. The third-order valence-corrected chi connectivity index (χ3v) is 7.07. The quantitative estimate of drug-likeness (QED) is 0.320. The fourth-order valence-corrected chi connectivity index (χ4v) is 4.91. The zero-order valence-electron chi connectivity index (χ0n) is 22.1. The second-order valence-electron chi connectivity index (χ2n) is 9.65. The van der Waals surface area contributed by atoms with Crippen molar-refractivity contribution in [1.82, 2.24) is 15.1 Å². The van der Waals surface area contributed by atoms with Gasteiger partial charge in [0.15, 0.2) is 0 Å². The number of benzene rings is 2. The zero-order chi connectivity index (χ0) is 27.1. The van der Waals surface area contributed by atoms with E-state index in [-0.39, 0.29) is 23.6 Å². The van der Waals surface area contributed by atoms with Crippen LogP contribution in [0.15, 0.2) is 48.5 Å². The number of nitrogens with zero attached hydrogens (tertiary/aromatic N) is 2. The van der Waals surface area contributed by atoms with E-state index in [1.54, 1.807) is 22.9 Å². The number of nitrogen functional groups attached to an aromatic ring is 1. The van der Waals surface area contributed by atoms with Crippen LogP contribution >= 0.6 is 0 Å². The number of ether oxygens (including phenoxy) is 2. The molecule has 9 nitrogen and oxygen atoms in total. The van der Waals surface area contributed by atoms with Crippen LogP contribution in [0, 0.1) is 0 Å². The number of unbranched alkanes of at least 4 members (excludes halogenated alkanes) is 1. The van der Waals surface area contributed by atoms with Crippen molar-refractivity contribution in [3.63, 3.8) is 0 Å². The number of aromatic nitrogens is 2. The Balaban J connectivity index is 1.45. The fourth-order valence-electron chi connectivity index (χ4n) is 4.91. The van der Waals surface area contributed by atoms with E-state index in [4.69, 9.17) is 26.0 Å². The number of amides is 2. The van der Waals surface area contributed by atoms with E-state index in [0.29, 0.717) is 29.4 Å². The smallest absolute Gasteiger partial charge is 0.255 e. The second-order valence-corrected chi connectivity index (χ2v) is 9.65. The molecule has 202 valence electrons. The van der Waals surface area contributed by atoms with Crippen molar-refractivity contribution in [3.05, 3.63) is 65.2 Å². The summed E-state index contributed by atoms with van der Waals surface area (Å²) >= 11 is 0. The molecule has 0 atom stereocenters. The van der Waals surface area contributed by atoms with Gasteiger partial charge in [0, 0.05) is 18.7 Å². The van der Waals surface area contributed by atoms with Crippen LogP contribution in [0.4, 0.5) is 5.82 Å². The molecule has 3 aromatic rings. The summed E-state index contributed by atoms with van der Waals surface area (Å²) in [6, 6.07) is 14.7. The highest BCUT2D eigenvalue weighted by atomic mass is 16.5. The fraction of sp³-hybridized carbons (Fsp3) is 0.414. The highest BCUT2D eigenvalue weighted by Crippen LogP contribution is 2.35. The molecule has 2 amide bonds. The summed E-state index contributed by atoms with van der Waals surface area (Å²) in [6.07, 6.45) is 6.09. The van der Waals surface area contributed by atoms with E-state index >= 15 is 0 Å². The number of primary amides is 1. The third kappa shape index (κ3) is 6.16. The number of anilines is 1. The van der Waals surface area contributed by atoms with Crippen LogP contribution < -0.4 is 21.5 Å². The first-order valence-corrected chi connectivity index (χ1v) is 13.2. The van der Waals surface area contributed by atoms with E-state index in [1.165, 1.54) is 7.11 Å². The van der Waals surface area contributed by atoms with Gasteiger partial charge >= 0.3 is 0 Å². The van der Waals surface area contributed by atoms with Crippen LogP contribution in [0.2, 0.25) is 0 Å². The van der Waals surface area contributed by atoms with Gasteiger partial charge in [-0.25, -0.2) is 4.68 Å². The summed E-state index contributed by atoms with van der Waals surface area (Å²) in [4.78, 5) is 25.0. The molecule has 0 unspecified atom stereocenters. The Labute approximate surface area is 223 Å². The zero-order valence-corrected chi connectivity index (χ0v) is 22.1. The molecule has 1 saturated carbocycles. The van der Waals surface area contributed by atoms with E-state index in [2.05, 4.69) is 12.2 Å². The molecule has 1 fully saturated rings. The molecule has 38 heavy (non-hydrogen) atoms. The molecule has 1 aromatic heterocycles. The number of carbonyl (C=O) groups is 2. The predicted molar refractivity (Wildman–Crippen MR) is 147 cm³/mol. The van der Waals surface area contributed by atoms with Crippen molar-refractivity contribution in [1.29, 1.82) is 0 Å². The molecular formula is C29H37N5O4. The van der Waals surface area contributed by atoms with Crippen molar-refractivity contribution in [2.24, 2.45) is 5.73 Å². The predicted octanol–water partition coefficient (Wildman–Crippen LogP) is 4.47. The highest BCUT2D eigenvalue weighted by molar-refractivity contribution is 6.03. The van der Waals surface area contributed by atoms with Crippen LogP contribution in [0.1, 0.15) is 77.8 Å². The first-order valence-electron chi connectivity index (χ1n) is 13.2. The average Bonchev–Trinajstić information content (AvgIpc) is 3.29. The molecule has 0 spiro atoms. The Morgan fingerprint density at radius 1 is 1.08 bits per heavy atom. The average molecular weight is 520 g/mol. The monoisotopic (exact) mass is 519 g/mol. The minimum Gasteiger partial charge on any atom is -0.496 e. The summed E-state index contributed by atoms with van der Waals surface area (Å²) < 4.78 is 13.0. The number of nitrogens with two attached hydrogens (primary N) is 2. The van der Waals surface area contributed by atoms with Crippen LogP contribution in [0.25, 0.3) is 11.3 Å². The van der Waals surface area contributed by atoms with Gasteiger partial charge in [-0.05, 0) is 49.8 Å². The van der Waals surface area contributed by atoms with Crippen molar-refractivity contribution < 1.29 is 19.1 Å². The Morgan fingerprint density at radius 2 is 1.79 bits per heavy atom. The Hall–Kier alpha value is -3.85. The maximum atomic E-state index is 12.6. The molecule has 1 heterocycles. The highest BCUT2D eigenvalue weighted by Gasteiger charge is 2.29. The van der Waals surface area contributed by atoms with Gasteiger partial charge in [0.05, 0.1) is 24.8 Å². The first kappa shape index (κ1) is 27.2. The van der Waals surface area contributed by atoms with Gasteiger partial charge in [-0.15, -0.1) is 0 Å². The largest absolute Gasteiger partial charge is 0.496 e. The van der Waals surface area contributed by atoms with Gasteiger partial charge in [-0.2, -0.15) is 5.10 Å². The van der Waals surface area contributed by atoms with E-state index in [0.717, 1.165) is 56.3 Å². The van der Waals surface area contributed by atoms with Crippen LogP contribution in [-0.4, -0.2) is 41.4 Å². The standard InChI is InChI=1S/C29H37N5O4/c1-3-4-17-38-22-15-13-21(14-16-22)34-27(30)25(28(31)35)26(33-34)20-11-9-19(10-12-20)18-32-29(36)23-7-5-6-8-24(23)37-2/h5-12,21-22H,3-4,13-18,30H2,1-2H3,(H2,31,35)(H,32,36). The van der Waals surface area contributed by atoms with Crippen molar-refractivity contribution >= 4 is 17.6 Å². The lowest BCUT2D eigenvalue weighted by molar-refractivity contribution is 0.0172. The maximum absolute atomic E-state index is 12.6. The minimum absolute atomic E-state index is 0.0948. The Kier molecular flexibility index (Phi) is 9.02. The molecule has 0 saturated heterocycles. The molecule has 0 bridgehead atoms. The third-order valence-electron chi connectivity index (χ3n) is 7.07. The molecule has 1 aliphatic carbocycles. The van der Waals surface area contributed by atoms with Crippen molar-refractivity contribution in [2.75, 3.05) is 19.5 Å². The van der Waals surface area contributed by atoms with Gasteiger partial charge in [0.1, 0.15) is 22.8 Å². The molecule has 0 radical (unpaired) electrons. The SMILES string of the molecule is CCCCOC1CCC(n2nc(-c3ccc(CNC(=O)c4ccccc4OC)cc3)c(C(N)=O)c2N)CC1. The van der Waals surface area contributed by atoms with E-state index in [9.17, 15) is 9.59 Å². The molecule has 2 aromatic carbocycles. The normalized spacial score (nSPS) is 17.2. The number of hydrogen-bond acceptors (Lipinski definition) is 6. The van der Waals surface area contributed by atoms with Crippen molar-refractivity contribution in [3.8, 4) is 17.0 Å². The second kappa shape index (κ2) is 12.6. The maximum Gasteiger partial charge on any atom is 0.255 e. The van der Waals surface area contributed by atoms with Crippen LogP contribution in [0.3, 0.4) is 0 Å². The number of para-hydroxylation sites is 1. The minimum atomic E-state index is -0.603. The summed E-state index contributed by atoms with van der Waals surface area (Å²) in [6.45, 7) is 3.29. The first-order chi connectivity index (χ1) is 18.4. The summed E-state index contributed by atoms with van der Waals surface area (Å²) in [7, 11) is 1.54. The number of methoxy groups -OCH3 is 1. The molecule has 0 aliphatic heterocycles. The lowest BCUT2D eigenvalue weighted by atomic mass is 9.93. The molecule has 4 rings (SSSR count). The Bertz CT molecular complexity index is 1250. The molecule has 1 aliphatic rings. The molecule has 9 heteroatoms. The van der Waals surface area contributed by atoms with Crippen LogP contribution in [0.5, 0.6) is 5.75 Å². The molecular weight excluding hydrogens is 482 g/mol. The number of hydrogen-bond donors (Lipinski definition) is 3. The number of nitrogens with one attached hydrogen (secondary N) is 1. The summed E-state index contributed by atoms with van der Waals surface area (Å²) in [5.41, 5.74) is 14.9. The van der Waals surface area contributed by atoms with Crippen molar-refractivity contribution in [2.45, 2.75) is 64.1 Å². The summed E-state index contributed by atoms with van der Waals surface area (Å²) in [5.74, 6) is -0.00552. The van der Waals surface area contributed by atoms with E-state index in [1.807, 2.05) is 30.3 Å². The van der Waals surface area contributed by atoms with Gasteiger partial charge in [-0.3, -0.25) is 9.59 Å². The summed E-state index contributed by atoms with van der Waals surface area (Å²) in [5, 5.41) is 7.67. The number of rotatable bonds is 11. The topological polar surface area (TPSA) is 134 Å².